The molecule has 0 radical (unpaired) electrons. The van der Waals surface area contributed by atoms with Crippen molar-refractivity contribution in [2.75, 3.05) is 33.4 Å². The minimum Gasteiger partial charge on any atom is -0.496 e. The largest absolute Gasteiger partial charge is 0.496 e. The number of nitrogens with two attached hydrogens (primary N) is 1. The first-order chi connectivity index (χ1) is 10.3. The maximum absolute atomic E-state index is 12.6. The summed E-state index contributed by atoms with van der Waals surface area (Å²) in [5.41, 5.74) is 0.0723. The van der Waals surface area contributed by atoms with Crippen molar-refractivity contribution in [2.24, 2.45) is 5.14 Å². The van der Waals surface area contributed by atoms with E-state index in [2.05, 4.69) is 0 Å². The quantitative estimate of drug-likeness (QED) is 0.747. The zero-order valence-corrected chi connectivity index (χ0v) is 12.9. The summed E-state index contributed by atoms with van der Waals surface area (Å²) < 4.78 is 33.2. The highest BCUT2D eigenvalue weighted by Crippen LogP contribution is 2.24. The molecular weight excluding hydrogens is 312 g/mol. The molecule has 1 aromatic rings. The Morgan fingerprint density at radius 2 is 2.23 bits per heavy atom. The van der Waals surface area contributed by atoms with Gasteiger partial charge in [0, 0.05) is 13.1 Å². The van der Waals surface area contributed by atoms with Crippen LogP contribution in [0.4, 0.5) is 0 Å². The van der Waals surface area contributed by atoms with Crippen LogP contribution >= 0.6 is 0 Å². The molecule has 0 aliphatic carbocycles. The fraction of sp³-hybridized carbons (Fsp3) is 0.462. The number of benzene rings is 1. The fourth-order valence-corrected chi connectivity index (χ4v) is 2.72. The predicted molar refractivity (Wildman–Crippen MR) is 77.1 cm³/mol. The van der Waals surface area contributed by atoms with Gasteiger partial charge in [-0.15, -0.1) is 0 Å². The average molecular weight is 330 g/mol. The van der Waals surface area contributed by atoms with Crippen LogP contribution in [0.5, 0.6) is 5.75 Å². The van der Waals surface area contributed by atoms with Gasteiger partial charge >= 0.3 is 0 Å². The smallest absolute Gasteiger partial charge is 0.257 e. The number of amides is 1. The van der Waals surface area contributed by atoms with Crippen LogP contribution in [0.2, 0.25) is 0 Å². The second-order valence-electron chi connectivity index (χ2n) is 4.89. The summed E-state index contributed by atoms with van der Waals surface area (Å²) in [5.74, 6) is -0.219. The number of hydrogen-bond acceptors (Lipinski definition) is 6. The van der Waals surface area contributed by atoms with Crippen LogP contribution in [0.1, 0.15) is 10.4 Å². The number of carbonyl (C=O) groups excluding carboxylic acids is 1. The second-order valence-corrected chi connectivity index (χ2v) is 6.45. The maximum atomic E-state index is 12.6. The molecule has 122 valence electrons. The third-order valence-corrected chi connectivity index (χ3v) is 4.18. The highest BCUT2D eigenvalue weighted by Gasteiger charge is 2.25. The molecule has 0 unspecified atom stereocenters. The third kappa shape index (κ3) is 3.74. The maximum Gasteiger partial charge on any atom is 0.257 e. The first kappa shape index (κ1) is 16.7. The SMILES string of the molecule is COc1ccc(S(N)(=O)=O)cc1C(=O)N1CCOC[C@H](O)C1. The number of β-amino-alcohol motifs (C(OH)–C–C–N with tert-alkyl or cyclic N) is 1. The number of primary sulfonamides is 1. The van der Waals surface area contributed by atoms with Crippen molar-refractivity contribution in [1.82, 2.24) is 4.90 Å². The summed E-state index contributed by atoms with van der Waals surface area (Å²) in [5, 5.41) is 14.8. The van der Waals surface area contributed by atoms with Gasteiger partial charge in [-0.1, -0.05) is 0 Å². The Balaban J connectivity index is 2.38. The van der Waals surface area contributed by atoms with E-state index in [1.165, 1.54) is 30.2 Å². The van der Waals surface area contributed by atoms with E-state index < -0.39 is 22.0 Å². The molecule has 1 fully saturated rings. The van der Waals surface area contributed by atoms with Gasteiger partial charge < -0.3 is 19.5 Å². The van der Waals surface area contributed by atoms with Gasteiger partial charge in [0.15, 0.2) is 0 Å². The minimum atomic E-state index is -3.93. The fourth-order valence-electron chi connectivity index (χ4n) is 2.18. The Labute approximate surface area is 128 Å². The number of hydrogen-bond donors (Lipinski definition) is 2. The van der Waals surface area contributed by atoms with Crippen LogP contribution in [0.25, 0.3) is 0 Å². The van der Waals surface area contributed by atoms with Crippen LogP contribution in [0.3, 0.4) is 0 Å². The summed E-state index contributed by atoms with van der Waals surface area (Å²) in [4.78, 5) is 13.8. The Bertz CT molecular complexity index is 660. The minimum absolute atomic E-state index is 0.0723. The van der Waals surface area contributed by atoms with E-state index in [1.807, 2.05) is 0 Å². The lowest BCUT2D eigenvalue weighted by molar-refractivity contribution is 0.0533. The molecule has 1 aliphatic heterocycles. The first-order valence-corrected chi connectivity index (χ1v) is 8.13. The summed E-state index contributed by atoms with van der Waals surface area (Å²) in [6, 6.07) is 3.82. The lowest BCUT2D eigenvalue weighted by atomic mass is 10.1. The third-order valence-electron chi connectivity index (χ3n) is 3.26. The van der Waals surface area contributed by atoms with Gasteiger partial charge in [-0.2, -0.15) is 0 Å². The van der Waals surface area contributed by atoms with Crippen LogP contribution in [-0.2, 0) is 14.8 Å². The average Bonchev–Trinajstić information content (AvgIpc) is 2.69. The van der Waals surface area contributed by atoms with Gasteiger partial charge in [0.05, 0.1) is 36.9 Å². The number of aliphatic hydroxyl groups excluding tert-OH is 1. The molecule has 0 saturated carbocycles. The first-order valence-electron chi connectivity index (χ1n) is 6.59. The highest BCUT2D eigenvalue weighted by molar-refractivity contribution is 7.89. The predicted octanol–water partition coefficient (Wildman–Crippen LogP) is -0.824. The van der Waals surface area contributed by atoms with Gasteiger partial charge in [-0.05, 0) is 18.2 Å². The van der Waals surface area contributed by atoms with Crippen molar-refractivity contribution in [3.8, 4) is 5.75 Å². The molecule has 1 aromatic carbocycles. The molecule has 1 atom stereocenters. The van der Waals surface area contributed by atoms with Crippen LogP contribution in [-0.4, -0.2) is 63.8 Å². The Morgan fingerprint density at radius 3 is 2.86 bits per heavy atom. The van der Waals surface area contributed by atoms with E-state index in [-0.39, 0.29) is 29.4 Å². The van der Waals surface area contributed by atoms with Crippen LogP contribution in [0, 0.1) is 0 Å². The molecule has 0 aromatic heterocycles. The summed E-state index contributed by atoms with van der Waals surface area (Å²) >= 11 is 0. The lowest BCUT2D eigenvalue weighted by Gasteiger charge is -2.22. The number of nitrogens with zero attached hydrogens (tertiary/aromatic N) is 1. The van der Waals surface area contributed by atoms with Crippen molar-refractivity contribution in [2.45, 2.75) is 11.0 Å². The Kier molecular flexibility index (Phi) is 5.01. The lowest BCUT2D eigenvalue weighted by Crippen LogP contribution is -2.38. The van der Waals surface area contributed by atoms with Crippen molar-refractivity contribution < 1.29 is 27.8 Å². The van der Waals surface area contributed by atoms with Crippen molar-refractivity contribution in [3.63, 3.8) is 0 Å². The molecule has 1 aliphatic rings. The van der Waals surface area contributed by atoms with Crippen LogP contribution < -0.4 is 9.88 Å². The summed E-state index contributed by atoms with van der Waals surface area (Å²) in [6.07, 6.45) is -0.793. The number of sulfonamides is 1. The van der Waals surface area contributed by atoms with E-state index in [9.17, 15) is 18.3 Å². The molecule has 8 nitrogen and oxygen atoms in total. The normalized spacial score (nSPS) is 19.6. The molecule has 9 heteroatoms. The number of methoxy groups -OCH3 is 1. The number of rotatable bonds is 3. The molecule has 1 amide bonds. The highest BCUT2D eigenvalue weighted by atomic mass is 32.2. The molecule has 1 heterocycles. The standard InChI is InChI=1S/C13H18N2O6S/c1-20-12-3-2-10(22(14,18)19)6-11(12)13(17)15-4-5-21-8-9(16)7-15/h2-3,6,9,16H,4-5,7-8H2,1H3,(H2,14,18,19)/t9-/m1/s1. The van der Waals surface area contributed by atoms with E-state index in [1.54, 1.807) is 0 Å². The van der Waals surface area contributed by atoms with Gasteiger partial charge in [-0.3, -0.25) is 4.79 Å². The van der Waals surface area contributed by atoms with Crippen LogP contribution in [0.15, 0.2) is 23.1 Å². The number of carbonyl (C=O) groups is 1. The topological polar surface area (TPSA) is 119 Å². The van der Waals surface area contributed by atoms with E-state index in [0.717, 1.165) is 0 Å². The molecule has 0 bridgehead atoms. The molecule has 22 heavy (non-hydrogen) atoms. The van der Waals surface area contributed by atoms with E-state index >= 15 is 0 Å². The molecule has 0 spiro atoms. The second kappa shape index (κ2) is 6.61. The monoisotopic (exact) mass is 330 g/mol. The Hall–Kier alpha value is -1.68. The molecular formula is C13H18N2O6S. The van der Waals surface area contributed by atoms with Gasteiger partial charge in [0.25, 0.3) is 5.91 Å². The van der Waals surface area contributed by atoms with Gasteiger partial charge in [-0.25, -0.2) is 13.6 Å². The van der Waals surface area contributed by atoms with Crippen molar-refractivity contribution in [3.05, 3.63) is 23.8 Å². The molecule has 3 N–H and O–H groups in total. The number of ether oxygens (including phenoxy) is 2. The zero-order valence-electron chi connectivity index (χ0n) is 12.1. The van der Waals surface area contributed by atoms with Crippen molar-refractivity contribution >= 4 is 15.9 Å². The van der Waals surface area contributed by atoms with Crippen molar-refractivity contribution in [1.29, 1.82) is 0 Å². The molecule has 1 saturated heterocycles. The van der Waals surface area contributed by atoms with Gasteiger partial charge in [0.1, 0.15) is 5.75 Å². The Morgan fingerprint density at radius 1 is 1.50 bits per heavy atom. The summed E-state index contributed by atoms with van der Waals surface area (Å²) in [7, 11) is -2.55. The number of aliphatic hydroxyl groups is 1. The van der Waals surface area contributed by atoms with E-state index in [4.69, 9.17) is 14.6 Å². The molecule has 2 rings (SSSR count). The van der Waals surface area contributed by atoms with Gasteiger partial charge in [0.2, 0.25) is 10.0 Å². The summed E-state index contributed by atoms with van der Waals surface area (Å²) in [6.45, 7) is 0.832. The zero-order chi connectivity index (χ0) is 16.3. The van der Waals surface area contributed by atoms with E-state index in [0.29, 0.717) is 13.2 Å².